The van der Waals surface area contributed by atoms with Crippen LogP contribution in [-0.2, 0) is 0 Å². The molecule has 18 heavy (non-hydrogen) atoms. The number of nitrogens with zero attached hydrogens (tertiary/aromatic N) is 1. The number of para-hydroxylation sites is 1. The van der Waals surface area contributed by atoms with Crippen LogP contribution in [0.1, 0.15) is 22.3 Å². The number of hydrogen-bond donors (Lipinski definition) is 0. The minimum atomic E-state index is 1.10. The summed E-state index contributed by atoms with van der Waals surface area (Å²) < 4.78 is 0. The highest BCUT2D eigenvalue weighted by Gasteiger charge is 2.22. The number of benzene rings is 2. The van der Waals surface area contributed by atoms with Crippen LogP contribution < -0.4 is 5.32 Å². The van der Waals surface area contributed by atoms with Crippen molar-refractivity contribution in [3.05, 3.63) is 46.5 Å². The molecule has 1 radical (unpaired) electrons. The largest absolute Gasteiger partial charge is 0.246 e. The predicted molar refractivity (Wildman–Crippen MR) is 77.4 cm³/mol. The van der Waals surface area contributed by atoms with Crippen LogP contribution in [-0.4, -0.2) is 0 Å². The van der Waals surface area contributed by atoms with Crippen LogP contribution in [0, 0.1) is 27.7 Å². The van der Waals surface area contributed by atoms with Crippen molar-refractivity contribution in [1.82, 2.24) is 5.32 Å². The molecule has 0 N–H and O–H groups in total. The van der Waals surface area contributed by atoms with E-state index in [1.807, 2.05) is 11.8 Å². The van der Waals surface area contributed by atoms with Crippen molar-refractivity contribution in [2.24, 2.45) is 0 Å². The molecule has 2 aromatic rings. The van der Waals surface area contributed by atoms with Gasteiger partial charge in [-0.1, -0.05) is 23.9 Å². The molecule has 1 aliphatic heterocycles. The van der Waals surface area contributed by atoms with Crippen molar-refractivity contribution >= 4 is 23.1 Å². The quantitative estimate of drug-likeness (QED) is 0.553. The number of fused-ring (bicyclic) bond motifs is 2. The van der Waals surface area contributed by atoms with Crippen molar-refractivity contribution in [2.45, 2.75) is 37.5 Å². The van der Waals surface area contributed by atoms with Gasteiger partial charge in [-0.05, 0) is 62.1 Å². The second-order valence-electron chi connectivity index (χ2n) is 4.86. The SMILES string of the molecule is Cc1c(C)c(C)c2c(c1C)[N]c1ccccc1S2. The molecule has 0 aromatic heterocycles. The van der Waals surface area contributed by atoms with Gasteiger partial charge in [-0.3, -0.25) is 0 Å². The van der Waals surface area contributed by atoms with Crippen LogP contribution in [0.2, 0.25) is 0 Å². The molecule has 0 amide bonds. The Morgan fingerprint density at radius 1 is 0.833 bits per heavy atom. The van der Waals surface area contributed by atoms with Gasteiger partial charge in [0.2, 0.25) is 0 Å². The summed E-state index contributed by atoms with van der Waals surface area (Å²) in [6.45, 7) is 8.79. The molecule has 0 spiro atoms. The fourth-order valence-corrected chi connectivity index (χ4v) is 3.57. The lowest BCUT2D eigenvalue weighted by atomic mass is 9.97. The Morgan fingerprint density at radius 3 is 2.28 bits per heavy atom. The van der Waals surface area contributed by atoms with Gasteiger partial charge >= 0.3 is 0 Å². The zero-order valence-electron chi connectivity index (χ0n) is 11.2. The summed E-state index contributed by atoms with van der Waals surface area (Å²) >= 11 is 1.85. The number of hydrogen-bond acceptors (Lipinski definition) is 1. The zero-order chi connectivity index (χ0) is 12.9. The van der Waals surface area contributed by atoms with Gasteiger partial charge in [0.25, 0.3) is 0 Å². The van der Waals surface area contributed by atoms with E-state index in [4.69, 9.17) is 5.32 Å². The van der Waals surface area contributed by atoms with E-state index in [0.29, 0.717) is 0 Å². The first-order valence-corrected chi connectivity index (χ1v) is 7.00. The molecule has 1 heterocycles. The highest BCUT2D eigenvalue weighted by atomic mass is 32.2. The number of rotatable bonds is 0. The smallest absolute Gasteiger partial charge is 0.0811 e. The molecule has 0 unspecified atom stereocenters. The lowest BCUT2D eigenvalue weighted by Crippen LogP contribution is -2.05. The molecule has 0 saturated carbocycles. The molecule has 0 bridgehead atoms. The van der Waals surface area contributed by atoms with Crippen LogP contribution in [0.15, 0.2) is 34.1 Å². The maximum absolute atomic E-state index is 4.85. The molecule has 1 aliphatic rings. The van der Waals surface area contributed by atoms with E-state index in [-0.39, 0.29) is 0 Å². The monoisotopic (exact) mass is 254 g/mol. The van der Waals surface area contributed by atoms with Gasteiger partial charge in [0.05, 0.1) is 11.4 Å². The maximum Gasteiger partial charge on any atom is 0.0811 e. The van der Waals surface area contributed by atoms with Gasteiger partial charge in [-0.25, -0.2) is 5.32 Å². The van der Waals surface area contributed by atoms with Crippen LogP contribution >= 0.6 is 11.8 Å². The molecule has 0 fully saturated rings. The third-order valence-electron chi connectivity index (χ3n) is 3.91. The molecule has 2 heteroatoms. The molecule has 0 atom stereocenters. The van der Waals surface area contributed by atoms with E-state index < -0.39 is 0 Å². The minimum Gasteiger partial charge on any atom is -0.246 e. The minimum absolute atomic E-state index is 1.10. The fourth-order valence-electron chi connectivity index (χ4n) is 2.38. The van der Waals surface area contributed by atoms with E-state index in [1.165, 1.54) is 37.7 Å². The van der Waals surface area contributed by atoms with E-state index in [9.17, 15) is 0 Å². The van der Waals surface area contributed by atoms with Crippen molar-refractivity contribution in [2.75, 3.05) is 0 Å². The van der Waals surface area contributed by atoms with E-state index in [0.717, 1.165) is 5.69 Å². The summed E-state index contributed by atoms with van der Waals surface area (Å²) in [5.74, 6) is 0. The van der Waals surface area contributed by atoms with Gasteiger partial charge in [0, 0.05) is 9.79 Å². The second-order valence-corrected chi connectivity index (χ2v) is 5.91. The lowest BCUT2D eigenvalue weighted by molar-refractivity contribution is 1.02. The van der Waals surface area contributed by atoms with Gasteiger partial charge in [-0.15, -0.1) is 0 Å². The Kier molecular flexibility index (Phi) is 2.63. The third-order valence-corrected chi connectivity index (χ3v) is 5.18. The Hall–Kier alpha value is -1.41. The first-order valence-electron chi connectivity index (χ1n) is 6.18. The lowest BCUT2D eigenvalue weighted by Gasteiger charge is -2.24. The van der Waals surface area contributed by atoms with Gasteiger partial charge in [0.1, 0.15) is 0 Å². The first kappa shape index (κ1) is 11.7. The average molecular weight is 254 g/mol. The molecule has 0 saturated heterocycles. The van der Waals surface area contributed by atoms with Crippen molar-refractivity contribution in [3.8, 4) is 0 Å². The maximum atomic E-state index is 4.85. The van der Waals surface area contributed by atoms with E-state index in [1.54, 1.807) is 0 Å². The summed E-state index contributed by atoms with van der Waals surface area (Å²) in [6.07, 6.45) is 0. The fraction of sp³-hybridized carbons (Fsp3) is 0.250. The van der Waals surface area contributed by atoms with E-state index in [2.05, 4.69) is 52.0 Å². The standard InChI is InChI=1S/C16H16NS/c1-9-10(2)12(4)16-15(11(9)3)17-13-7-5-6-8-14(13)18-16/h5-8H,1-4H3. The van der Waals surface area contributed by atoms with Gasteiger partial charge < -0.3 is 0 Å². The Bertz CT molecular complexity index is 588. The van der Waals surface area contributed by atoms with Crippen molar-refractivity contribution in [3.63, 3.8) is 0 Å². The van der Waals surface area contributed by atoms with Crippen molar-refractivity contribution in [1.29, 1.82) is 0 Å². The molecule has 1 nitrogen and oxygen atoms in total. The average Bonchev–Trinajstić information content (AvgIpc) is 2.41. The topological polar surface area (TPSA) is 14.1 Å². The Labute approximate surface area is 113 Å². The molecular formula is C16H16NS. The van der Waals surface area contributed by atoms with Gasteiger partial charge in [-0.2, -0.15) is 0 Å². The summed E-state index contributed by atoms with van der Waals surface area (Å²) in [5.41, 5.74) is 7.72. The predicted octanol–water partition coefficient (Wildman–Crippen LogP) is 4.95. The summed E-state index contributed by atoms with van der Waals surface area (Å²) in [7, 11) is 0. The molecule has 3 rings (SSSR count). The molecule has 91 valence electrons. The first-order chi connectivity index (χ1) is 8.59. The van der Waals surface area contributed by atoms with Crippen LogP contribution in [0.3, 0.4) is 0 Å². The summed E-state index contributed by atoms with van der Waals surface area (Å²) in [6, 6.07) is 8.37. The van der Waals surface area contributed by atoms with Gasteiger partial charge in [0.15, 0.2) is 0 Å². The summed E-state index contributed by atoms with van der Waals surface area (Å²) in [5, 5.41) is 4.85. The third kappa shape index (κ3) is 1.56. The zero-order valence-corrected chi connectivity index (χ0v) is 12.0. The van der Waals surface area contributed by atoms with Crippen LogP contribution in [0.25, 0.3) is 0 Å². The van der Waals surface area contributed by atoms with E-state index >= 15 is 0 Å². The molecule has 0 aliphatic carbocycles. The Morgan fingerprint density at radius 2 is 1.50 bits per heavy atom. The highest BCUT2D eigenvalue weighted by molar-refractivity contribution is 7.99. The molecular weight excluding hydrogens is 238 g/mol. The van der Waals surface area contributed by atoms with Crippen molar-refractivity contribution < 1.29 is 0 Å². The second kappa shape index (κ2) is 4.06. The Balaban J connectivity index is 2.25. The van der Waals surface area contributed by atoms with Crippen LogP contribution in [0.4, 0.5) is 11.4 Å². The normalized spacial score (nSPS) is 12.7. The highest BCUT2D eigenvalue weighted by Crippen LogP contribution is 2.48. The molecule has 2 aromatic carbocycles. The van der Waals surface area contributed by atoms with Crippen LogP contribution in [0.5, 0.6) is 0 Å². The summed E-state index contributed by atoms with van der Waals surface area (Å²) in [4.78, 5) is 2.59.